The third-order valence-electron chi connectivity index (χ3n) is 3.37. The van der Waals surface area contributed by atoms with Crippen molar-refractivity contribution in [1.29, 1.82) is 0 Å². The lowest BCUT2D eigenvalue weighted by Gasteiger charge is -1.99. The van der Waals surface area contributed by atoms with Crippen LogP contribution in [0.5, 0.6) is 0 Å². The molecule has 86 valence electrons. The fourth-order valence-corrected chi connectivity index (χ4v) is 3.36. The Bertz CT molecular complexity index is 457. The molecule has 1 fully saturated rings. The lowest BCUT2D eigenvalue weighted by atomic mass is 10.0. The van der Waals surface area contributed by atoms with Crippen LogP contribution >= 0.6 is 23.2 Å². The predicted molar refractivity (Wildman–Crippen MR) is 72.8 cm³/mol. The molecule has 0 aliphatic heterocycles. The summed E-state index contributed by atoms with van der Waals surface area (Å²) in [4.78, 5) is 0. The molecule has 17 heavy (non-hydrogen) atoms. The van der Waals surface area contributed by atoms with Crippen molar-refractivity contribution in [3.63, 3.8) is 0 Å². The van der Waals surface area contributed by atoms with Gasteiger partial charge >= 0.3 is 0 Å². The van der Waals surface area contributed by atoms with Gasteiger partial charge in [-0.1, -0.05) is 60.7 Å². The van der Waals surface area contributed by atoms with Gasteiger partial charge in [0.25, 0.3) is 0 Å². The molecule has 1 saturated carbocycles. The molecule has 2 aromatic rings. The fraction of sp³-hybridized carbons (Fsp3) is 0.200. The van der Waals surface area contributed by atoms with Crippen LogP contribution in [0.15, 0.2) is 60.7 Å². The summed E-state index contributed by atoms with van der Waals surface area (Å²) in [6.45, 7) is 0. The molecule has 0 N–H and O–H groups in total. The second kappa shape index (κ2) is 4.04. The van der Waals surface area contributed by atoms with Crippen molar-refractivity contribution in [2.75, 3.05) is 0 Å². The van der Waals surface area contributed by atoms with Gasteiger partial charge in [-0.3, -0.25) is 0 Å². The Hall–Kier alpha value is -0.980. The molecule has 0 aromatic heterocycles. The first-order valence-electron chi connectivity index (χ1n) is 5.69. The minimum Gasteiger partial charge on any atom is -0.100 e. The van der Waals surface area contributed by atoms with E-state index in [1.807, 2.05) is 36.4 Å². The average molecular weight is 263 g/mol. The molecule has 2 aromatic carbocycles. The van der Waals surface area contributed by atoms with Crippen molar-refractivity contribution in [2.45, 2.75) is 16.2 Å². The summed E-state index contributed by atoms with van der Waals surface area (Å²) in [6.07, 6.45) is 0. The lowest BCUT2D eigenvalue weighted by molar-refractivity contribution is 1.03. The summed E-state index contributed by atoms with van der Waals surface area (Å²) in [6, 6.07) is 20.5. The van der Waals surface area contributed by atoms with Gasteiger partial charge in [0.2, 0.25) is 0 Å². The minimum absolute atomic E-state index is 0.203. The Morgan fingerprint density at radius 3 is 1.35 bits per heavy atom. The zero-order valence-electron chi connectivity index (χ0n) is 9.18. The van der Waals surface area contributed by atoms with Crippen LogP contribution in [-0.2, 0) is 0 Å². The SMILES string of the molecule is ClC1(Cl)C(c2ccccc2)C1c1ccccc1. The zero-order chi connectivity index (χ0) is 11.9. The van der Waals surface area contributed by atoms with Gasteiger partial charge < -0.3 is 0 Å². The summed E-state index contributed by atoms with van der Waals surface area (Å²) in [5, 5.41) is 0. The molecule has 1 aliphatic rings. The molecule has 2 unspecified atom stereocenters. The van der Waals surface area contributed by atoms with E-state index >= 15 is 0 Å². The number of halogens is 2. The molecule has 0 heterocycles. The van der Waals surface area contributed by atoms with Crippen molar-refractivity contribution in [3.8, 4) is 0 Å². The third-order valence-corrected chi connectivity index (χ3v) is 4.31. The number of hydrogen-bond donors (Lipinski definition) is 0. The van der Waals surface area contributed by atoms with Crippen LogP contribution in [0.1, 0.15) is 23.0 Å². The molecule has 0 saturated heterocycles. The van der Waals surface area contributed by atoms with Gasteiger partial charge in [0.05, 0.1) is 0 Å². The van der Waals surface area contributed by atoms with Gasteiger partial charge in [-0.15, -0.1) is 23.2 Å². The Kier molecular flexibility index (Phi) is 2.65. The monoisotopic (exact) mass is 262 g/mol. The highest BCUT2D eigenvalue weighted by Crippen LogP contribution is 2.69. The lowest BCUT2D eigenvalue weighted by Crippen LogP contribution is -1.90. The highest BCUT2D eigenvalue weighted by Gasteiger charge is 2.64. The minimum atomic E-state index is -0.664. The highest BCUT2D eigenvalue weighted by molar-refractivity contribution is 6.52. The maximum atomic E-state index is 6.41. The van der Waals surface area contributed by atoms with E-state index in [-0.39, 0.29) is 11.8 Å². The first-order chi connectivity index (χ1) is 8.21. The predicted octanol–water partition coefficient (Wildman–Crippen LogP) is 4.74. The van der Waals surface area contributed by atoms with Crippen LogP contribution in [0.2, 0.25) is 0 Å². The molecule has 0 amide bonds. The first kappa shape index (κ1) is 11.1. The van der Waals surface area contributed by atoms with E-state index < -0.39 is 4.33 Å². The van der Waals surface area contributed by atoms with Crippen LogP contribution in [0, 0.1) is 0 Å². The van der Waals surface area contributed by atoms with Crippen molar-refractivity contribution < 1.29 is 0 Å². The topological polar surface area (TPSA) is 0 Å². The molecule has 1 aliphatic carbocycles. The van der Waals surface area contributed by atoms with Crippen LogP contribution in [0.4, 0.5) is 0 Å². The van der Waals surface area contributed by atoms with Crippen LogP contribution in [-0.4, -0.2) is 4.33 Å². The molecule has 2 atom stereocenters. The van der Waals surface area contributed by atoms with Crippen LogP contribution < -0.4 is 0 Å². The first-order valence-corrected chi connectivity index (χ1v) is 6.44. The van der Waals surface area contributed by atoms with E-state index in [1.54, 1.807) is 0 Å². The number of benzene rings is 2. The van der Waals surface area contributed by atoms with Crippen molar-refractivity contribution in [2.24, 2.45) is 0 Å². The van der Waals surface area contributed by atoms with E-state index in [0.29, 0.717) is 0 Å². The molecule has 0 bridgehead atoms. The summed E-state index contributed by atoms with van der Waals surface area (Å²) >= 11 is 12.8. The summed E-state index contributed by atoms with van der Waals surface area (Å²) in [7, 11) is 0. The van der Waals surface area contributed by atoms with Gasteiger partial charge in [0, 0.05) is 11.8 Å². The Morgan fingerprint density at radius 1 is 0.647 bits per heavy atom. The maximum Gasteiger partial charge on any atom is 0.133 e. The molecule has 0 nitrogen and oxygen atoms in total. The zero-order valence-corrected chi connectivity index (χ0v) is 10.7. The summed E-state index contributed by atoms with van der Waals surface area (Å²) in [5.74, 6) is 0.406. The Balaban J connectivity index is 1.95. The summed E-state index contributed by atoms with van der Waals surface area (Å²) < 4.78 is -0.664. The van der Waals surface area contributed by atoms with Gasteiger partial charge in [-0.05, 0) is 11.1 Å². The van der Waals surface area contributed by atoms with Gasteiger partial charge in [-0.25, -0.2) is 0 Å². The Labute approximate surface area is 111 Å². The normalized spacial score (nSPS) is 25.5. The van der Waals surface area contributed by atoms with E-state index in [4.69, 9.17) is 23.2 Å². The van der Waals surface area contributed by atoms with Crippen molar-refractivity contribution >= 4 is 23.2 Å². The molecular formula is C15H12Cl2. The second-order valence-electron chi connectivity index (χ2n) is 4.45. The molecule has 0 spiro atoms. The van der Waals surface area contributed by atoms with Crippen molar-refractivity contribution in [1.82, 2.24) is 0 Å². The fourth-order valence-electron chi connectivity index (χ4n) is 2.48. The smallest absolute Gasteiger partial charge is 0.100 e. The van der Waals surface area contributed by atoms with Crippen LogP contribution in [0.3, 0.4) is 0 Å². The highest BCUT2D eigenvalue weighted by atomic mass is 35.5. The number of rotatable bonds is 2. The van der Waals surface area contributed by atoms with Gasteiger partial charge in [0.1, 0.15) is 4.33 Å². The van der Waals surface area contributed by atoms with Crippen molar-refractivity contribution in [3.05, 3.63) is 71.8 Å². The average Bonchev–Trinajstić information content (AvgIpc) is 2.94. The second-order valence-corrected chi connectivity index (χ2v) is 5.90. The van der Waals surface area contributed by atoms with E-state index in [1.165, 1.54) is 11.1 Å². The number of hydrogen-bond acceptors (Lipinski definition) is 0. The Morgan fingerprint density at radius 2 is 1.00 bits per heavy atom. The number of alkyl halides is 2. The van der Waals surface area contributed by atoms with E-state index in [9.17, 15) is 0 Å². The van der Waals surface area contributed by atoms with E-state index in [0.717, 1.165) is 0 Å². The standard InChI is InChI=1S/C15H12Cl2/c16-15(17)13(11-7-3-1-4-8-11)14(15)12-9-5-2-6-10-12/h1-10,13-14H. The largest absolute Gasteiger partial charge is 0.133 e. The molecule has 0 radical (unpaired) electrons. The molecule has 3 rings (SSSR count). The van der Waals surface area contributed by atoms with E-state index in [2.05, 4.69) is 24.3 Å². The third kappa shape index (κ3) is 1.86. The van der Waals surface area contributed by atoms with Crippen LogP contribution in [0.25, 0.3) is 0 Å². The quantitative estimate of drug-likeness (QED) is 0.686. The maximum absolute atomic E-state index is 6.41. The molecule has 2 heteroatoms. The molecular weight excluding hydrogens is 251 g/mol. The van der Waals surface area contributed by atoms with Gasteiger partial charge in [0.15, 0.2) is 0 Å². The van der Waals surface area contributed by atoms with Gasteiger partial charge in [-0.2, -0.15) is 0 Å². The summed E-state index contributed by atoms with van der Waals surface area (Å²) in [5.41, 5.74) is 2.43.